The Morgan fingerprint density at radius 1 is 1.19 bits per heavy atom. The number of hydrogen-bond acceptors (Lipinski definition) is 3. The highest BCUT2D eigenvalue weighted by molar-refractivity contribution is 6.05. The van der Waals surface area contributed by atoms with Crippen LogP contribution in [0.25, 0.3) is 11.0 Å². The van der Waals surface area contributed by atoms with Crippen molar-refractivity contribution in [2.45, 2.75) is 52.2 Å². The van der Waals surface area contributed by atoms with Crippen molar-refractivity contribution in [3.8, 4) is 0 Å². The predicted octanol–water partition coefficient (Wildman–Crippen LogP) is 4.84. The van der Waals surface area contributed by atoms with Crippen molar-refractivity contribution in [1.82, 2.24) is 9.55 Å². The molecule has 26 heavy (non-hydrogen) atoms. The summed E-state index contributed by atoms with van der Waals surface area (Å²) in [6.07, 6.45) is 3.86. The van der Waals surface area contributed by atoms with Crippen LogP contribution in [0.1, 0.15) is 60.4 Å². The average Bonchev–Trinajstić information content (AvgIpc) is 3.11. The molecule has 0 N–H and O–H groups in total. The van der Waals surface area contributed by atoms with Gasteiger partial charge in [-0.25, -0.2) is 9.78 Å². The maximum absolute atomic E-state index is 12.9. The molecule has 134 valence electrons. The van der Waals surface area contributed by atoms with Gasteiger partial charge in [-0.2, -0.15) is 0 Å². The van der Waals surface area contributed by atoms with Crippen LogP contribution in [0.3, 0.4) is 0 Å². The Kier molecular flexibility index (Phi) is 3.87. The van der Waals surface area contributed by atoms with Crippen molar-refractivity contribution >= 4 is 17.0 Å². The topological polar surface area (TPSA) is 44.1 Å². The first kappa shape index (κ1) is 16.8. The molecule has 1 aliphatic carbocycles. The number of esters is 1. The molecule has 2 heterocycles. The van der Waals surface area contributed by atoms with Gasteiger partial charge in [0, 0.05) is 17.3 Å². The lowest BCUT2D eigenvalue weighted by Gasteiger charge is -2.20. The summed E-state index contributed by atoms with van der Waals surface area (Å²) in [6.45, 7) is 7.68. The van der Waals surface area contributed by atoms with Gasteiger partial charge >= 0.3 is 5.97 Å². The molecule has 2 aromatic heterocycles. The lowest BCUT2D eigenvalue weighted by Crippen LogP contribution is -2.24. The Morgan fingerprint density at radius 3 is 2.73 bits per heavy atom. The Labute approximate surface area is 153 Å². The SMILES string of the molecule is Cc1c(C(=O)OC(C)(C)C)c2cccnc2n1C1CCc2ccccc21. The van der Waals surface area contributed by atoms with Crippen molar-refractivity contribution in [2.75, 3.05) is 0 Å². The van der Waals surface area contributed by atoms with E-state index in [9.17, 15) is 4.79 Å². The summed E-state index contributed by atoms with van der Waals surface area (Å²) < 4.78 is 7.90. The highest BCUT2D eigenvalue weighted by Crippen LogP contribution is 2.39. The molecule has 0 bridgehead atoms. The summed E-state index contributed by atoms with van der Waals surface area (Å²) >= 11 is 0. The van der Waals surface area contributed by atoms with Gasteiger partial charge in [0.05, 0.1) is 11.6 Å². The number of nitrogens with zero attached hydrogens (tertiary/aromatic N) is 2. The summed E-state index contributed by atoms with van der Waals surface area (Å²) in [7, 11) is 0. The first-order valence-corrected chi connectivity index (χ1v) is 9.13. The number of aryl methyl sites for hydroxylation is 1. The molecule has 0 saturated carbocycles. The number of fused-ring (bicyclic) bond motifs is 2. The second kappa shape index (κ2) is 5.97. The zero-order valence-corrected chi connectivity index (χ0v) is 15.7. The molecule has 3 aromatic rings. The Bertz CT molecular complexity index is 995. The van der Waals surface area contributed by atoms with E-state index in [0.29, 0.717) is 5.56 Å². The molecule has 0 fully saturated rings. The van der Waals surface area contributed by atoms with E-state index >= 15 is 0 Å². The number of carbonyl (C=O) groups is 1. The quantitative estimate of drug-likeness (QED) is 0.623. The molecule has 4 heteroatoms. The first-order valence-electron chi connectivity index (χ1n) is 9.13. The number of pyridine rings is 1. The Hall–Kier alpha value is -2.62. The molecule has 0 aliphatic heterocycles. The molecule has 4 rings (SSSR count). The maximum Gasteiger partial charge on any atom is 0.341 e. The van der Waals surface area contributed by atoms with Crippen LogP contribution < -0.4 is 0 Å². The third-order valence-corrected chi connectivity index (χ3v) is 5.02. The number of hydrogen-bond donors (Lipinski definition) is 0. The second-order valence-corrected chi connectivity index (χ2v) is 7.96. The molecular weight excluding hydrogens is 324 g/mol. The second-order valence-electron chi connectivity index (χ2n) is 7.96. The monoisotopic (exact) mass is 348 g/mol. The van der Waals surface area contributed by atoms with Gasteiger partial charge in [-0.3, -0.25) is 0 Å². The lowest BCUT2D eigenvalue weighted by molar-refractivity contribution is 0.00707. The van der Waals surface area contributed by atoms with Crippen LogP contribution in [-0.2, 0) is 11.2 Å². The molecule has 1 unspecified atom stereocenters. The van der Waals surface area contributed by atoms with Gasteiger partial charge in [-0.1, -0.05) is 24.3 Å². The highest BCUT2D eigenvalue weighted by atomic mass is 16.6. The summed E-state index contributed by atoms with van der Waals surface area (Å²) in [5.41, 5.74) is 4.59. The van der Waals surface area contributed by atoms with Gasteiger partial charge in [-0.15, -0.1) is 0 Å². The molecule has 0 saturated heterocycles. The smallest absolute Gasteiger partial charge is 0.341 e. The van der Waals surface area contributed by atoms with Crippen molar-refractivity contribution in [2.24, 2.45) is 0 Å². The van der Waals surface area contributed by atoms with Gasteiger partial charge in [0.1, 0.15) is 11.2 Å². The van der Waals surface area contributed by atoms with Crippen molar-refractivity contribution in [3.63, 3.8) is 0 Å². The summed E-state index contributed by atoms with van der Waals surface area (Å²) in [6, 6.07) is 12.6. The van der Waals surface area contributed by atoms with Crippen LogP contribution in [0.2, 0.25) is 0 Å². The standard InChI is InChI=1S/C22H24N2O2/c1-14-19(21(25)26-22(2,3)4)17-10-7-13-23-20(17)24(14)18-12-11-15-8-5-6-9-16(15)18/h5-10,13,18H,11-12H2,1-4H3. The predicted molar refractivity (Wildman–Crippen MR) is 103 cm³/mol. The number of carbonyl (C=O) groups excluding carboxylic acids is 1. The van der Waals surface area contributed by atoms with E-state index in [1.165, 1.54) is 11.1 Å². The molecule has 0 amide bonds. The van der Waals surface area contributed by atoms with E-state index < -0.39 is 5.60 Å². The average molecular weight is 348 g/mol. The van der Waals surface area contributed by atoms with E-state index in [4.69, 9.17) is 4.74 Å². The van der Waals surface area contributed by atoms with E-state index in [2.05, 4.69) is 33.8 Å². The fourth-order valence-corrected chi connectivity index (χ4v) is 4.03. The van der Waals surface area contributed by atoms with Gasteiger partial charge < -0.3 is 9.30 Å². The molecule has 1 atom stereocenters. The minimum Gasteiger partial charge on any atom is -0.456 e. The molecular formula is C22H24N2O2. The zero-order valence-electron chi connectivity index (χ0n) is 15.7. The minimum atomic E-state index is -0.528. The lowest BCUT2D eigenvalue weighted by atomic mass is 10.1. The normalized spacial score (nSPS) is 16.7. The third-order valence-electron chi connectivity index (χ3n) is 5.02. The van der Waals surface area contributed by atoms with Crippen molar-refractivity contribution in [1.29, 1.82) is 0 Å². The third kappa shape index (κ3) is 2.70. The Morgan fingerprint density at radius 2 is 1.96 bits per heavy atom. The van der Waals surface area contributed by atoms with Crippen LogP contribution in [0, 0.1) is 6.92 Å². The fraction of sp³-hybridized carbons (Fsp3) is 0.364. The van der Waals surface area contributed by atoms with Gasteiger partial charge in [0.25, 0.3) is 0 Å². The maximum atomic E-state index is 12.9. The van der Waals surface area contributed by atoms with Crippen LogP contribution in [0.15, 0.2) is 42.6 Å². The van der Waals surface area contributed by atoms with E-state index in [1.807, 2.05) is 39.8 Å². The van der Waals surface area contributed by atoms with Crippen LogP contribution in [-0.4, -0.2) is 21.1 Å². The molecule has 0 spiro atoms. The van der Waals surface area contributed by atoms with Crippen molar-refractivity contribution in [3.05, 3.63) is 65.0 Å². The van der Waals surface area contributed by atoms with E-state index in [1.54, 1.807) is 6.20 Å². The van der Waals surface area contributed by atoms with Crippen molar-refractivity contribution < 1.29 is 9.53 Å². The largest absolute Gasteiger partial charge is 0.456 e. The fourth-order valence-electron chi connectivity index (χ4n) is 4.03. The Balaban J connectivity index is 1.90. The zero-order chi connectivity index (χ0) is 18.5. The van der Waals surface area contributed by atoms with E-state index in [-0.39, 0.29) is 12.0 Å². The highest BCUT2D eigenvalue weighted by Gasteiger charge is 2.31. The van der Waals surface area contributed by atoms with Gasteiger partial charge in [-0.05, 0) is 63.8 Å². The molecule has 1 aliphatic rings. The summed E-state index contributed by atoms with van der Waals surface area (Å²) in [5, 5.41) is 0.864. The van der Waals surface area contributed by atoms with Crippen LogP contribution in [0.4, 0.5) is 0 Å². The number of aromatic nitrogens is 2. The minimum absolute atomic E-state index is 0.208. The van der Waals surface area contributed by atoms with Crippen LogP contribution in [0.5, 0.6) is 0 Å². The molecule has 4 nitrogen and oxygen atoms in total. The number of ether oxygens (including phenoxy) is 1. The van der Waals surface area contributed by atoms with E-state index in [0.717, 1.165) is 29.6 Å². The molecule has 1 aromatic carbocycles. The first-order chi connectivity index (χ1) is 12.4. The van der Waals surface area contributed by atoms with Gasteiger partial charge in [0.2, 0.25) is 0 Å². The van der Waals surface area contributed by atoms with Gasteiger partial charge in [0.15, 0.2) is 0 Å². The van der Waals surface area contributed by atoms with Crippen LogP contribution >= 0.6 is 0 Å². The molecule has 0 radical (unpaired) electrons. The number of benzene rings is 1. The summed E-state index contributed by atoms with van der Waals surface area (Å²) in [4.78, 5) is 17.5. The summed E-state index contributed by atoms with van der Waals surface area (Å²) in [5.74, 6) is -0.280. The number of rotatable bonds is 2.